The number of carbonyl (C=O) groups excluding carboxylic acids is 1. The Balaban J connectivity index is 0. The molecule has 0 aliphatic carbocycles. The van der Waals surface area contributed by atoms with Crippen LogP contribution in [0.3, 0.4) is 0 Å². The van der Waals surface area contributed by atoms with Gasteiger partial charge in [-0.3, -0.25) is 0 Å². The van der Waals surface area contributed by atoms with Crippen molar-refractivity contribution in [2.24, 2.45) is 0 Å². The van der Waals surface area contributed by atoms with Gasteiger partial charge in [0.05, 0.1) is 0 Å². The molecule has 0 aromatic heterocycles. The summed E-state index contributed by atoms with van der Waals surface area (Å²) >= 11 is 0. The second kappa shape index (κ2) is 9.10. The van der Waals surface area contributed by atoms with Gasteiger partial charge in [-0.05, 0) is 6.29 Å². The first-order valence-electron chi connectivity index (χ1n) is 1.40. The largest absolute Gasteiger partial charge is 3.00 e. The van der Waals surface area contributed by atoms with Crippen molar-refractivity contribution in [2.45, 2.75) is 6.92 Å². The summed E-state index contributed by atoms with van der Waals surface area (Å²) < 4.78 is 0. The van der Waals surface area contributed by atoms with Gasteiger partial charge in [-0.25, -0.2) is 6.08 Å². The van der Waals surface area contributed by atoms with Crippen LogP contribution in [-0.4, -0.2) is 6.29 Å². The zero-order valence-electron chi connectivity index (χ0n) is 3.64. The molecule has 0 fully saturated rings. The smallest absolute Gasteiger partial charge is 0.419 e. The summed E-state index contributed by atoms with van der Waals surface area (Å²) in [5, 5.41) is 0. The van der Waals surface area contributed by atoms with Crippen molar-refractivity contribution in [3.63, 3.8) is 0 Å². The Morgan fingerprint density at radius 1 is 1.67 bits per heavy atom. The molecule has 0 atom stereocenters. The van der Waals surface area contributed by atoms with Gasteiger partial charge in [-0.1, -0.05) is 0 Å². The van der Waals surface area contributed by atoms with Crippen molar-refractivity contribution >= 4 is 6.29 Å². The predicted octanol–water partition coefficient (Wildman–Crippen LogP) is 0.670. The topological polar surface area (TPSA) is 17.1 Å². The molecule has 0 N–H and O–H groups in total. The van der Waals surface area contributed by atoms with Gasteiger partial charge in [0.1, 0.15) is 0 Å². The van der Waals surface area contributed by atoms with Crippen molar-refractivity contribution in [2.75, 3.05) is 0 Å². The minimum Gasteiger partial charge on any atom is -0.419 e. The molecule has 0 radical (unpaired) electrons. The van der Waals surface area contributed by atoms with E-state index >= 15 is 0 Å². The average molecular weight is 158 g/mol. The molecule has 0 saturated carbocycles. The quantitative estimate of drug-likeness (QED) is 0.404. The Morgan fingerprint density at radius 2 is 2.17 bits per heavy atom. The van der Waals surface area contributed by atoms with E-state index in [1.807, 2.05) is 0 Å². The Bertz CT molecular complexity index is 49.5. The molecule has 6 heavy (non-hydrogen) atoms. The molecule has 2 heteroatoms. The number of hydrogen-bond donors (Lipinski definition) is 0. The van der Waals surface area contributed by atoms with E-state index in [0.717, 1.165) is 0 Å². The van der Waals surface area contributed by atoms with Crippen LogP contribution >= 0.6 is 0 Å². The zero-order valence-corrected chi connectivity index (χ0v) is 6.48. The summed E-state index contributed by atoms with van der Waals surface area (Å²) in [6, 6.07) is 0. The molecule has 0 spiro atoms. The Kier molecular flexibility index (Phi) is 14.7. The molecule has 0 aliphatic rings. The zero-order chi connectivity index (χ0) is 4.12. The SMILES string of the molecule is C/C=C/[C-]=O.[Y+3]. The van der Waals surface area contributed by atoms with Gasteiger partial charge in [0.25, 0.3) is 0 Å². The Morgan fingerprint density at radius 3 is 2.17 bits per heavy atom. The van der Waals surface area contributed by atoms with E-state index in [1.165, 1.54) is 6.08 Å². The normalized spacial score (nSPS) is 7.50. The first-order chi connectivity index (χ1) is 2.41. The number of hydrogen-bond acceptors (Lipinski definition) is 1. The molecule has 0 aromatic carbocycles. The molecule has 0 saturated heterocycles. The van der Waals surface area contributed by atoms with Crippen molar-refractivity contribution in [3.05, 3.63) is 12.2 Å². The molecule has 1 nitrogen and oxygen atoms in total. The van der Waals surface area contributed by atoms with Crippen LogP contribution < -0.4 is 0 Å². The molecule has 0 aromatic rings. The molecule has 0 amide bonds. The van der Waals surface area contributed by atoms with Crippen molar-refractivity contribution in [1.29, 1.82) is 0 Å². The van der Waals surface area contributed by atoms with Crippen LogP contribution in [0, 0.1) is 0 Å². The van der Waals surface area contributed by atoms with Gasteiger partial charge in [0.15, 0.2) is 0 Å². The summed E-state index contributed by atoms with van der Waals surface area (Å²) in [6.45, 7) is 1.77. The van der Waals surface area contributed by atoms with Gasteiger partial charge in [0, 0.05) is 0 Å². The maximum absolute atomic E-state index is 9.19. The second-order valence-electron chi connectivity index (χ2n) is 0.618. The summed E-state index contributed by atoms with van der Waals surface area (Å²) in [7, 11) is 0. The average Bonchev–Trinajstić information content (AvgIpc) is 1.41. The maximum atomic E-state index is 9.19. The van der Waals surface area contributed by atoms with Crippen LogP contribution in [0.5, 0.6) is 0 Å². The van der Waals surface area contributed by atoms with Crippen LogP contribution in [-0.2, 0) is 37.5 Å². The van der Waals surface area contributed by atoms with Gasteiger partial charge in [-0.2, -0.15) is 6.08 Å². The van der Waals surface area contributed by atoms with Gasteiger partial charge < -0.3 is 4.79 Å². The summed E-state index contributed by atoms with van der Waals surface area (Å²) in [5.74, 6) is 0. The number of allylic oxidation sites excluding steroid dienone is 2. The molecular weight excluding hydrogens is 153 g/mol. The monoisotopic (exact) mass is 158 g/mol. The third-order valence-corrected chi connectivity index (χ3v) is 0.235. The van der Waals surface area contributed by atoms with Crippen LogP contribution in [0.2, 0.25) is 0 Å². The van der Waals surface area contributed by atoms with Gasteiger partial charge >= 0.3 is 32.7 Å². The van der Waals surface area contributed by atoms with Crippen molar-refractivity contribution < 1.29 is 37.5 Å². The Hall–Kier alpha value is 0.514. The van der Waals surface area contributed by atoms with E-state index < -0.39 is 0 Å². The Labute approximate surface area is 62.7 Å². The fourth-order valence-electron chi connectivity index (χ4n) is 0.0680. The fraction of sp³-hybridized carbons (Fsp3) is 0.250. The van der Waals surface area contributed by atoms with Gasteiger partial charge in [0.2, 0.25) is 0 Å². The number of rotatable bonds is 1. The molecule has 0 heterocycles. The van der Waals surface area contributed by atoms with Crippen LogP contribution in [0.15, 0.2) is 12.2 Å². The van der Waals surface area contributed by atoms with E-state index in [-0.39, 0.29) is 32.7 Å². The van der Waals surface area contributed by atoms with Crippen LogP contribution in [0.4, 0.5) is 0 Å². The minimum atomic E-state index is 0. The third-order valence-electron chi connectivity index (χ3n) is 0.235. The van der Waals surface area contributed by atoms with E-state index in [4.69, 9.17) is 0 Å². The molecule has 0 rings (SSSR count). The van der Waals surface area contributed by atoms with E-state index in [1.54, 1.807) is 19.3 Å². The van der Waals surface area contributed by atoms with Crippen LogP contribution in [0.25, 0.3) is 0 Å². The van der Waals surface area contributed by atoms with Gasteiger partial charge in [-0.15, -0.1) is 6.92 Å². The second-order valence-corrected chi connectivity index (χ2v) is 0.618. The van der Waals surface area contributed by atoms with Crippen molar-refractivity contribution in [3.8, 4) is 0 Å². The summed E-state index contributed by atoms with van der Waals surface area (Å²) in [6.07, 6.45) is 4.54. The van der Waals surface area contributed by atoms with E-state index in [0.29, 0.717) is 0 Å². The van der Waals surface area contributed by atoms with E-state index in [9.17, 15) is 4.79 Å². The molecule has 0 unspecified atom stereocenters. The summed E-state index contributed by atoms with van der Waals surface area (Å²) in [5.41, 5.74) is 0. The fourth-order valence-corrected chi connectivity index (χ4v) is 0.0680. The summed E-state index contributed by atoms with van der Waals surface area (Å²) in [4.78, 5) is 9.19. The predicted molar refractivity (Wildman–Crippen MR) is 20.5 cm³/mol. The molecule has 0 aliphatic heterocycles. The maximum Gasteiger partial charge on any atom is 3.00 e. The molecule has 28 valence electrons. The molecule has 0 bridgehead atoms. The molecular formula is C4H5OY+2. The first kappa shape index (κ1) is 9.72. The van der Waals surface area contributed by atoms with Crippen LogP contribution in [0.1, 0.15) is 6.92 Å². The minimum absolute atomic E-state index is 0. The third kappa shape index (κ3) is 8.82. The first-order valence-corrected chi connectivity index (χ1v) is 1.40. The van der Waals surface area contributed by atoms with E-state index in [2.05, 4.69) is 0 Å². The van der Waals surface area contributed by atoms with Crippen molar-refractivity contribution in [1.82, 2.24) is 0 Å². The standard InChI is InChI=1S/C4H5O.Y/c1-2-3-4-5;/h2-3H,1H3;/q-1;+3/b3-2+;.